The number of nitrogens with zero attached hydrogens (tertiary/aromatic N) is 4. The molecule has 0 aliphatic heterocycles. The molecule has 0 atom stereocenters. The van der Waals surface area contributed by atoms with Crippen LogP contribution >= 0.6 is 15.9 Å². The van der Waals surface area contributed by atoms with Crippen LogP contribution in [0.5, 0.6) is 11.5 Å². The van der Waals surface area contributed by atoms with Crippen molar-refractivity contribution in [1.82, 2.24) is 9.66 Å². The van der Waals surface area contributed by atoms with Crippen LogP contribution in [0.3, 0.4) is 0 Å². The van der Waals surface area contributed by atoms with Gasteiger partial charge in [0.05, 0.1) is 28.6 Å². The number of rotatable bonds is 10. The third kappa shape index (κ3) is 5.97. The van der Waals surface area contributed by atoms with Crippen molar-refractivity contribution < 1.29 is 14.4 Å². The van der Waals surface area contributed by atoms with Gasteiger partial charge in [-0.25, -0.2) is 4.98 Å². The van der Waals surface area contributed by atoms with E-state index in [4.69, 9.17) is 9.47 Å². The molecule has 0 aliphatic rings. The summed E-state index contributed by atoms with van der Waals surface area (Å²) in [6.45, 7) is 4.16. The number of ether oxygens (including phenoxy) is 2. The molecule has 0 spiro atoms. The second kappa shape index (κ2) is 12.3. The second-order valence-electron chi connectivity index (χ2n) is 9.29. The van der Waals surface area contributed by atoms with E-state index in [0.29, 0.717) is 28.7 Å². The molecule has 10 heteroatoms. The predicted octanol–water partition coefficient (Wildman–Crippen LogP) is 7.03. The summed E-state index contributed by atoms with van der Waals surface area (Å²) in [5, 5.41) is 19.0. The lowest BCUT2D eigenvalue weighted by molar-refractivity contribution is -0.386. The van der Waals surface area contributed by atoms with Crippen molar-refractivity contribution >= 4 is 49.5 Å². The Labute approximate surface area is 244 Å². The third-order valence-corrected chi connectivity index (χ3v) is 6.97. The molecule has 0 radical (unpaired) electrons. The zero-order valence-electron chi connectivity index (χ0n) is 22.5. The summed E-state index contributed by atoms with van der Waals surface area (Å²) in [7, 11) is 0. The Balaban J connectivity index is 1.54. The highest BCUT2D eigenvalue weighted by atomic mass is 79.9. The summed E-state index contributed by atoms with van der Waals surface area (Å²) in [5.74, 6) is 0.742. The normalized spacial score (nSPS) is 11.4. The summed E-state index contributed by atoms with van der Waals surface area (Å²) < 4.78 is 13.8. The number of fused-ring (bicyclic) bond motifs is 2. The highest BCUT2D eigenvalue weighted by Crippen LogP contribution is 2.39. The van der Waals surface area contributed by atoms with Gasteiger partial charge in [-0.05, 0) is 53.9 Å². The molecular weight excluding hydrogens is 588 g/mol. The van der Waals surface area contributed by atoms with E-state index in [1.165, 1.54) is 17.0 Å². The van der Waals surface area contributed by atoms with Crippen LogP contribution in [0.15, 0.2) is 87.2 Å². The fourth-order valence-electron chi connectivity index (χ4n) is 4.62. The standard InChI is InChI=1S/C31H27BrN4O5/c1-3-8-29-34-26-14-13-23(32)17-25(26)31(37)35(29)33-18-20-15-27(36(38)39)30(28(16-20)40-4-2)41-19-22-11-7-10-21-9-5-6-12-24(21)22/h5-7,9-18H,3-4,8,19H2,1-2H3. The summed E-state index contributed by atoms with van der Waals surface area (Å²) in [5.41, 5.74) is 1.25. The maximum absolute atomic E-state index is 13.3. The van der Waals surface area contributed by atoms with Crippen molar-refractivity contribution in [3.63, 3.8) is 0 Å². The van der Waals surface area contributed by atoms with Crippen LogP contribution in [0.1, 0.15) is 37.2 Å². The van der Waals surface area contributed by atoms with Gasteiger partial charge in [0.2, 0.25) is 5.75 Å². The van der Waals surface area contributed by atoms with Crippen LogP contribution in [0, 0.1) is 10.1 Å². The molecule has 208 valence electrons. The molecule has 0 bridgehead atoms. The van der Waals surface area contributed by atoms with Gasteiger partial charge in [-0.15, -0.1) is 0 Å². The highest BCUT2D eigenvalue weighted by molar-refractivity contribution is 9.10. The first-order valence-corrected chi connectivity index (χ1v) is 14.0. The van der Waals surface area contributed by atoms with E-state index < -0.39 is 4.92 Å². The van der Waals surface area contributed by atoms with Crippen molar-refractivity contribution in [2.75, 3.05) is 6.61 Å². The average Bonchev–Trinajstić information content (AvgIpc) is 2.97. The molecule has 9 nitrogen and oxygen atoms in total. The second-order valence-corrected chi connectivity index (χ2v) is 10.2. The Kier molecular flexibility index (Phi) is 8.39. The summed E-state index contributed by atoms with van der Waals surface area (Å²) in [4.78, 5) is 29.6. The fourth-order valence-corrected chi connectivity index (χ4v) is 4.98. The van der Waals surface area contributed by atoms with Crippen LogP contribution < -0.4 is 15.0 Å². The van der Waals surface area contributed by atoms with Crippen molar-refractivity contribution in [2.24, 2.45) is 5.10 Å². The lowest BCUT2D eigenvalue weighted by atomic mass is 10.1. The molecule has 0 amide bonds. The SMILES string of the molecule is CCCc1nc2ccc(Br)cc2c(=O)n1N=Cc1cc(OCC)c(OCc2cccc3ccccc23)c([N+](=O)[O-])c1. The first-order valence-electron chi connectivity index (χ1n) is 13.2. The molecule has 0 saturated carbocycles. The zero-order chi connectivity index (χ0) is 28.9. The van der Waals surface area contributed by atoms with E-state index >= 15 is 0 Å². The van der Waals surface area contributed by atoms with Crippen LogP contribution in [-0.2, 0) is 13.0 Å². The first-order chi connectivity index (χ1) is 19.9. The number of nitro benzene ring substituents is 1. The maximum atomic E-state index is 13.3. The molecule has 0 saturated heterocycles. The highest BCUT2D eigenvalue weighted by Gasteiger charge is 2.23. The molecule has 4 aromatic carbocycles. The fraction of sp³-hybridized carbons (Fsp3) is 0.194. The Morgan fingerprint density at radius 1 is 1.02 bits per heavy atom. The van der Waals surface area contributed by atoms with Gasteiger partial charge in [0, 0.05) is 22.5 Å². The summed E-state index contributed by atoms with van der Waals surface area (Å²) in [6, 6.07) is 22.0. The maximum Gasteiger partial charge on any atom is 0.315 e. The number of aryl methyl sites for hydroxylation is 1. The van der Waals surface area contributed by atoms with Crippen LogP contribution in [-0.4, -0.2) is 27.4 Å². The summed E-state index contributed by atoms with van der Waals surface area (Å²) in [6.07, 6.45) is 2.69. The quantitative estimate of drug-likeness (QED) is 0.0948. The minimum atomic E-state index is -0.512. The molecule has 1 heterocycles. The van der Waals surface area contributed by atoms with Crippen molar-refractivity contribution in [1.29, 1.82) is 0 Å². The van der Waals surface area contributed by atoms with Crippen molar-refractivity contribution in [3.05, 3.63) is 115 Å². The lowest BCUT2D eigenvalue weighted by Crippen LogP contribution is -2.22. The van der Waals surface area contributed by atoms with Gasteiger partial charge in [-0.1, -0.05) is 65.3 Å². The Morgan fingerprint density at radius 2 is 1.83 bits per heavy atom. The molecule has 41 heavy (non-hydrogen) atoms. The number of nitro groups is 1. The number of benzene rings is 4. The predicted molar refractivity (Wildman–Crippen MR) is 163 cm³/mol. The molecule has 0 unspecified atom stereocenters. The van der Waals surface area contributed by atoms with E-state index in [1.807, 2.05) is 55.5 Å². The van der Waals surface area contributed by atoms with Crippen LogP contribution in [0.25, 0.3) is 21.7 Å². The number of hydrogen-bond donors (Lipinski definition) is 0. The molecule has 0 N–H and O–H groups in total. The molecular formula is C31H27BrN4O5. The van der Waals surface area contributed by atoms with E-state index in [0.717, 1.165) is 27.2 Å². The average molecular weight is 615 g/mol. The van der Waals surface area contributed by atoms with E-state index in [9.17, 15) is 14.9 Å². The van der Waals surface area contributed by atoms with Gasteiger partial charge in [0.1, 0.15) is 12.4 Å². The molecule has 0 aliphatic carbocycles. The first kappa shape index (κ1) is 28.0. The Bertz CT molecular complexity index is 1850. The van der Waals surface area contributed by atoms with Crippen molar-refractivity contribution in [3.8, 4) is 11.5 Å². The Hall–Kier alpha value is -4.57. The van der Waals surface area contributed by atoms with Crippen molar-refractivity contribution in [2.45, 2.75) is 33.3 Å². The van der Waals surface area contributed by atoms with E-state index in [2.05, 4.69) is 26.0 Å². The molecule has 5 rings (SSSR count). The topological polar surface area (TPSA) is 109 Å². The minimum absolute atomic E-state index is 0.0306. The lowest BCUT2D eigenvalue weighted by Gasteiger charge is -2.14. The van der Waals surface area contributed by atoms with Gasteiger partial charge in [0.15, 0.2) is 5.75 Å². The molecule has 5 aromatic rings. The van der Waals surface area contributed by atoms with Crippen LogP contribution in [0.4, 0.5) is 5.69 Å². The summed E-state index contributed by atoms with van der Waals surface area (Å²) >= 11 is 3.40. The van der Waals surface area contributed by atoms with Gasteiger partial charge in [-0.2, -0.15) is 9.78 Å². The Morgan fingerprint density at radius 3 is 2.61 bits per heavy atom. The largest absolute Gasteiger partial charge is 0.490 e. The van der Waals surface area contributed by atoms with Crippen LogP contribution in [0.2, 0.25) is 0 Å². The van der Waals surface area contributed by atoms with Gasteiger partial charge >= 0.3 is 5.69 Å². The van der Waals surface area contributed by atoms with Gasteiger partial charge in [0.25, 0.3) is 5.56 Å². The molecule has 0 fully saturated rings. The zero-order valence-corrected chi connectivity index (χ0v) is 24.1. The number of aromatic nitrogens is 2. The van der Waals surface area contributed by atoms with E-state index in [-0.39, 0.29) is 36.0 Å². The van der Waals surface area contributed by atoms with Gasteiger partial charge < -0.3 is 9.47 Å². The third-order valence-electron chi connectivity index (χ3n) is 6.48. The minimum Gasteiger partial charge on any atom is -0.490 e. The smallest absolute Gasteiger partial charge is 0.315 e. The van der Waals surface area contributed by atoms with E-state index in [1.54, 1.807) is 25.1 Å². The number of halogens is 1. The monoisotopic (exact) mass is 614 g/mol. The molecule has 1 aromatic heterocycles. The number of hydrogen-bond acceptors (Lipinski definition) is 7. The van der Waals surface area contributed by atoms with Gasteiger partial charge in [-0.3, -0.25) is 14.9 Å².